The summed E-state index contributed by atoms with van der Waals surface area (Å²) in [4.78, 5) is 11.9. The summed E-state index contributed by atoms with van der Waals surface area (Å²) in [6, 6.07) is 5.02. The highest BCUT2D eigenvalue weighted by Gasteiger charge is 2.20. The predicted molar refractivity (Wildman–Crippen MR) is 73.3 cm³/mol. The van der Waals surface area contributed by atoms with E-state index in [4.69, 9.17) is 15.2 Å². The molecule has 0 saturated heterocycles. The Labute approximate surface area is 113 Å². The molecule has 5 nitrogen and oxygen atoms in total. The van der Waals surface area contributed by atoms with E-state index in [1.54, 1.807) is 25.3 Å². The Morgan fingerprint density at radius 1 is 1.47 bits per heavy atom. The molecule has 0 radical (unpaired) electrons. The predicted octanol–water partition coefficient (Wildman–Crippen LogP) is 1.43. The molecule has 0 aromatic heterocycles. The number of nitrogen functional groups attached to an aromatic ring is 1. The van der Waals surface area contributed by atoms with Gasteiger partial charge in [0.15, 0.2) is 0 Å². The molecule has 1 saturated carbocycles. The van der Waals surface area contributed by atoms with Crippen molar-refractivity contribution >= 4 is 11.6 Å². The van der Waals surface area contributed by atoms with Crippen LogP contribution in [0.1, 0.15) is 23.2 Å². The van der Waals surface area contributed by atoms with Crippen LogP contribution < -0.4 is 15.8 Å². The van der Waals surface area contributed by atoms with Crippen LogP contribution in [-0.2, 0) is 4.74 Å². The van der Waals surface area contributed by atoms with Gasteiger partial charge in [-0.15, -0.1) is 0 Å². The number of carbonyl (C=O) groups is 1. The second-order valence-corrected chi connectivity index (χ2v) is 4.73. The molecule has 1 aliphatic rings. The minimum atomic E-state index is -0.185. The van der Waals surface area contributed by atoms with Gasteiger partial charge in [-0.25, -0.2) is 0 Å². The summed E-state index contributed by atoms with van der Waals surface area (Å²) in [5, 5.41) is 2.79. The van der Waals surface area contributed by atoms with E-state index in [0.29, 0.717) is 30.2 Å². The summed E-state index contributed by atoms with van der Waals surface area (Å²) in [6.45, 7) is 1.84. The van der Waals surface area contributed by atoms with Crippen LogP contribution in [0.15, 0.2) is 18.2 Å². The average molecular weight is 264 g/mol. The standard InChI is InChI=1S/C14H20N2O3/c1-18-11-4-5-12(13(15)8-11)14(17)16-6-7-19-9-10-2-3-10/h4-5,8,10H,2-3,6-7,9,15H2,1H3,(H,16,17). The Hall–Kier alpha value is -1.75. The van der Waals surface area contributed by atoms with E-state index in [2.05, 4.69) is 5.32 Å². The van der Waals surface area contributed by atoms with Crippen LogP contribution in [0.4, 0.5) is 5.69 Å². The zero-order valence-corrected chi connectivity index (χ0v) is 11.1. The van der Waals surface area contributed by atoms with Crippen molar-refractivity contribution in [2.24, 2.45) is 5.92 Å². The van der Waals surface area contributed by atoms with Gasteiger partial charge in [-0.05, 0) is 30.9 Å². The van der Waals surface area contributed by atoms with Crippen LogP contribution >= 0.6 is 0 Å². The van der Waals surface area contributed by atoms with Gasteiger partial charge >= 0.3 is 0 Å². The van der Waals surface area contributed by atoms with E-state index in [1.165, 1.54) is 12.8 Å². The Bertz CT molecular complexity index is 444. The molecule has 1 amide bonds. The fourth-order valence-corrected chi connectivity index (χ4v) is 1.74. The van der Waals surface area contributed by atoms with Crippen molar-refractivity contribution in [3.8, 4) is 5.75 Å². The van der Waals surface area contributed by atoms with E-state index in [-0.39, 0.29) is 5.91 Å². The second kappa shape index (κ2) is 6.43. The van der Waals surface area contributed by atoms with Crippen LogP contribution in [-0.4, -0.2) is 32.8 Å². The molecule has 2 rings (SSSR count). The van der Waals surface area contributed by atoms with Gasteiger partial charge in [-0.3, -0.25) is 4.79 Å². The fraction of sp³-hybridized carbons (Fsp3) is 0.500. The quantitative estimate of drug-likeness (QED) is 0.577. The molecule has 0 spiro atoms. The Morgan fingerprint density at radius 3 is 2.89 bits per heavy atom. The lowest BCUT2D eigenvalue weighted by molar-refractivity contribution is 0.0907. The molecule has 1 aromatic rings. The number of hydrogen-bond donors (Lipinski definition) is 2. The average Bonchev–Trinajstić information content (AvgIpc) is 3.22. The third-order valence-corrected chi connectivity index (χ3v) is 3.09. The molecule has 3 N–H and O–H groups in total. The molecule has 1 fully saturated rings. The summed E-state index contributed by atoms with van der Waals surface area (Å²) in [5.41, 5.74) is 6.68. The molecule has 0 heterocycles. The minimum Gasteiger partial charge on any atom is -0.497 e. The lowest BCUT2D eigenvalue weighted by atomic mass is 10.1. The van der Waals surface area contributed by atoms with Crippen molar-refractivity contribution in [2.75, 3.05) is 32.6 Å². The van der Waals surface area contributed by atoms with Crippen LogP contribution in [0, 0.1) is 5.92 Å². The number of amides is 1. The van der Waals surface area contributed by atoms with Gasteiger partial charge < -0.3 is 20.5 Å². The summed E-state index contributed by atoms with van der Waals surface area (Å²) < 4.78 is 10.5. The monoisotopic (exact) mass is 264 g/mol. The normalized spacial score (nSPS) is 14.2. The number of nitrogens with two attached hydrogens (primary N) is 1. The zero-order valence-electron chi connectivity index (χ0n) is 11.1. The number of hydrogen-bond acceptors (Lipinski definition) is 4. The van der Waals surface area contributed by atoms with Gasteiger partial charge in [0.25, 0.3) is 5.91 Å². The van der Waals surface area contributed by atoms with Gasteiger partial charge in [0.1, 0.15) is 5.75 Å². The lowest BCUT2D eigenvalue weighted by Crippen LogP contribution is -2.28. The number of ether oxygens (including phenoxy) is 2. The third-order valence-electron chi connectivity index (χ3n) is 3.09. The maximum absolute atomic E-state index is 11.9. The molecule has 1 aliphatic carbocycles. The Kier molecular flexibility index (Phi) is 4.63. The van der Waals surface area contributed by atoms with Crippen molar-refractivity contribution in [3.05, 3.63) is 23.8 Å². The highest BCUT2D eigenvalue weighted by molar-refractivity contribution is 5.99. The Morgan fingerprint density at radius 2 is 2.26 bits per heavy atom. The van der Waals surface area contributed by atoms with Gasteiger partial charge in [-0.2, -0.15) is 0 Å². The molecular formula is C14H20N2O3. The maximum Gasteiger partial charge on any atom is 0.253 e. The minimum absolute atomic E-state index is 0.185. The highest BCUT2D eigenvalue weighted by Crippen LogP contribution is 2.28. The van der Waals surface area contributed by atoms with E-state index in [1.807, 2.05) is 0 Å². The molecule has 0 atom stereocenters. The number of rotatable bonds is 7. The van der Waals surface area contributed by atoms with E-state index in [9.17, 15) is 4.79 Å². The van der Waals surface area contributed by atoms with Gasteiger partial charge in [0, 0.05) is 24.9 Å². The molecule has 1 aromatic carbocycles. The van der Waals surface area contributed by atoms with Crippen LogP contribution in [0.5, 0.6) is 5.75 Å². The van der Waals surface area contributed by atoms with Gasteiger partial charge in [-0.1, -0.05) is 0 Å². The number of nitrogens with one attached hydrogen (secondary N) is 1. The first-order chi connectivity index (χ1) is 9.20. The Balaban J connectivity index is 1.75. The molecule has 0 aliphatic heterocycles. The van der Waals surface area contributed by atoms with Gasteiger partial charge in [0.2, 0.25) is 0 Å². The van der Waals surface area contributed by atoms with E-state index >= 15 is 0 Å². The molecule has 0 unspecified atom stereocenters. The lowest BCUT2D eigenvalue weighted by Gasteiger charge is -2.09. The third kappa shape index (κ3) is 4.13. The summed E-state index contributed by atoms with van der Waals surface area (Å²) in [6.07, 6.45) is 2.55. The number of methoxy groups -OCH3 is 1. The molecule has 104 valence electrons. The summed E-state index contributed by atoms with van der Waals surface area (Å²) >= 11 is 0. The first kappa shape index (κ1) is 13.7. The number of anilines is 1. The highest BCUT2D eigenvalue weighted by atomic mass is 16.5. The maximum atomic E-state index is 11.9. The number of benzene rings is 1. The van der Waals surface area contributed by atoms with E-state index < -0.39 is 0 Å². The molecular weight excluding hydrogens is 244 g/mol. The molecule has 0 bridgehead atoms. The number of carbonyl (C=O) groups excluding carboxylic acids is 1. The van der Waals surface area contributed by atoms with Crippen molar-refractivity contribution in [1.82, 2.24) is 5.32 Å². The SMILES string of the molecule is COc1ccc(C(=O)NCCOCC2CC2)c(N)c1. The van der Waals surface area contributed by atoms with E-state index in [0.717, 1.165) is 12.5 Å². The zero-order chi connectivity index (χ0) is 13.7. The summed E-state index contributed by atoms with van der Waals surface area (Å²) in [7, 11) is 1.56. The van der Waals surface area contributed by atoms with Crippen LogP contribution in [0.2, 0.25) is 0 Å². The van der Waals surface area contributed by atoms with Crippen molar-refractivity contribution < 1.29 is 14.3 Å². The topological polar surface area (TPSA) is 73.6 Å². The van der Waals surface area contributed by atoms with Crippen molar-refractivity contribution in [1.29, 1.82) is 0 Å². The van der Waals surface area contributed by atoms with Crippen LogP contribution in [0.25, 0.3) is 0 Å². The second-order valence-electron chi connectivity index (χ2n) is 4.73. The van der Waals surface area contributed by atoms with Crippen LogP contribution in [0.3, 0.4) is 0 Å². The first-order valence-electron chi connectivity index (χ1n) is 6.50. The first-order valence-corrected chi connectivity index (χ1v) is 6.50. The summed E-state index contributed by atoms with van der Waals surface area (Å²) in [5.74, 6) is 1.20. The van der Waals surface area contributed by atoms with Crippen molar-refractivity contribution in [3.63, 3.8) is 0 Å². The van der Waals surface area contributed by atoms with Crippen molar-refractivity contribution in [2.45, 2.75) is 12.8 Å². The van der Waals surface area contributed by atoms with Gasteiger partial charge in [0.05, 0.1) is 19.3 Å². The molecule has 5 heteroatoms. The largest absolute Gasteiger partial charge is 0.497 e. The molecule has 19 heavy (non-hydrogen) atoms. The fourth-order valence-electron chi connectivity index (χ4n) is 1.74. The smallest absolute Gasteiger partial charge is 0.253 e.